The number of hydrogen-bond acceptors (Lipinski definition) is 3. The van der Waals surface area contributed by atoms with Gasteiger partial charge in [0.25, 0.3) is 5.91 Å². The summed E-state index contributed by atoms with van der Waals surface area (Å²) in [7, 11) is 0. The number of aliphatic hydroxyl groups is 1. The minimum Gasteiger partial charge on any atom is -0.380 e. The van der Waals surface area contributed by atoms with Crippen molar-refractivity contribution in [3.63, 3.8) is 0 Å². The lowest BCUT2D eigenvalue weighted by molar-refractivity contribution is -0.141. The Hall–Kier alpha value is -2.14. The molecule has 2 atom stereocenters. The first kappa shape index (κ1) is 17.2. The normalized spacial score (nSPS) is 20.5. The molecule has 5 nitrogen and oxygen atoms in total. The van der Waals surface area contributed by atoms with Gasteiger partial charge in [-0.2, -0.15) is 0 Å². The fourth-order valence-electron chi connectivity index (χ4n) is 2.48. The van der Waals surface area contributed by atoms with Gasteiger partial charge in [0.2, 0.25) is 5.91 Å². The monoisotopic (exact) mass is 316 g/mol. The number of amides is 2. The molecule has 0 aromatic heterocycles. The Morgan fingerprint density at radius 3 is 2.74 bits per heavy atom. The van der Waals surface area contributed by atoms with Crippen molar-refractivity contribution in [1.29, 1.82) is 0 Å². The summed E-state index contributed by atoms with van der Waals surface area (Å²) in [5, 5.41) is 12.8. The zero-order valence-electron chi connectivity index (χ0n) is 13.7. The summed E-state index contributed by atoms with van der Waals surface area (Å²) in [6.07, 6.45) is 4.81. The van der Waals surface area contributed by atoms with Gasteiger partial charge in [0.05, 0.1) is 0 Å². The van der Waals surface area contributed by atoms with Crippen molar-refractivity contribution >= 4 is 17.9 Å². The molecule has 124 valence electrons. The summed E-state index contributed by atoms with van der Waals surface area (Å²) in [5.74, 6) is -0.565. The SMILES string of the molecule is CCC(C)(O)C(=O)NC1CCCN1C(=O)C=Cc1ccccc1. The fraction of sp³-hybridized carbons (Fsp3) is 0.444. The van der Waals surface area contributed by atoms with Crippen LogP contribution in [0.2, 0.25) is 0 Å². The second-order valence-electron chi connectivity index (χ2n) is 6.03. The number of hydrogen-bond donors (Lipinski definition) is 2. The largest absolute Gasteiger partial charge is 0.380 e. The van der Waals surface area contributed by atoms with Crippen molar-refractivity contribution in [2.75, 3.05) is 6.54 Å². The lowest BCUT2D eigenvalue weighted by Gasteiger charge is -2.28. The van der Waals surface area contributed by atoms with Crippen molar-refractivity contribution in [3.8, 4) is 0 Å². The Morgan fingerprint density at radius 2 is 2.09 bits per heavy atom. The standard InChI is InChI=1S/C18H24N2O3/c1-3-18(2,23)17(22)19-15-10-7-13-20(15)16(21)12-11-14-8-5-4-6-9-14/h4-6,8-9,11-12,15,23H,3,7,10,13H2,1-2H3,(H,19,22). The molecule has 2 rings (SSSR count). The highest BCUT2D eigenvalue weighted by Gasteiger charge is 2.34. The highest BCUT2D eigenvalue weighted by atomic mass is 16.3. The average molecular weight is 316 g/mol. The van der Waals surface area contributed by atoms with Crippen molar-refractivity contribution in [1.82, 2.24) is 10.2 Å². The van der Waals surface area contributed by atoms with Gasteiger partial charge in [-0.25, -0.2) is 0 Å². The van der Waals surface area contributed by atoms with Crippen LogP contribution in [0.1, 0.15) is 38.7 Å². The Morgan fingerprint density at radius 1 is 1.39 bits per heavy atom. The van der Waals surface area contributed by atoms with Crippen LogP contribution in [0.25, 0.3) is 6.08 Å². The Labute approximate surface area is 137 Å². The third-order valence-electron chi connectivity index (χ3n) is 4.23. The molecule has 1 fully saturated rings. The van der Waals surface area contributed by atoms with E-state index in [4.69, 9.17) is 0 Å². The number of nitrogens with zero attached hydrogens (tertiary/aromatic N) is 1. The molecule has 1 heterocycles. The molecule has 1 aromatic rings. The van der Waals surface area contributed by atoms with Gasteiger partial charge in [-0.05, 0) is 37.8 Å². The van der Waals surface area contributed by atoms with Crippen molar-refractivity contribution in [3.05, 3.63) is 42.0 Å². The number of rotatable bonds is 5. The topological polar surface area (TPSA) is 69.6 Å². The van der Waals surface area contributed by atoms with Gasteiger partial charge in [-0.3, -0.25) is 9.59 Å². The van der Waals surface area contributed by atoms with E-state index in [1.165, 1.54) is 13.0 Å². The molecule has 0 saturated carbocycles. The average Bonchev–Trinajstić information content (AvgIpc) is 3.01. The molecule has 2 unspecified atom stereocenters. The summed E-state index contributed by atoms with van der Waals surface area (Å²) in [6.45, 7) is 3.84. The van der Waals surface area contributed by atoms with E-state index in [1.807, 2.05) is 30.3 Å². The van der Waals surface area contributed by atoms with Gasteiger partial charge in [0.1, 0.15) is 11.8 Å². The molecule has 23 heavy (non-hydrogen) atoms. The Bertz CT molecular complexity index is 581. The first-order valence-corrected chi connectivity index (χ1v) is 8.01. The maximum Gasteiger partial charge on any atom is 0.253 e. The summed E-state index contributed by atoms with van der Waals surface area (Å²) in [6, 6.07) is 9.59. The third-order valence-corrected chi connectivity index (χ3v) is 4.23. The van der Waals surface area contributed by atoms with Crippen molar-refractivity contribution in [2.24, 2.45) is 0 Å². The molecule has 1 aromatic carbocycles. The van der Waals surface area contributed by atoms with Crippen LogP contribution < -0.4 is 5.32 Å². The van der Waals surface area contributed by atoms with Crippen LogP contribution in [-0.4, -0.2) is 40.1 Å². The molecule has 0 radical (unpaired) electrons. The van der Waals surface area contributed by atoms with E-state index in [9.17, 15) is 14.7 Å². The van der Waals surface area contributed by atoms with Crippen LogP contribution in [0, 0.1) is 0 Å². The second-order valence-corrected chi connectivity index (χ2v) is 6.03. The smallest absolute Gasteiger partial charge is 0.253 e. The van der Waals surface area contributed by atoms with Crippen LogP contribution in [0.3, 0.4) is 0 Å². The molecule has 1 aliphatic heterocycles. The first-order chi connectivity index (χ1) is 10.9. The molecule has 1 saturated heterocycles. The second kappa shape index (κ2) is 7.42. The maximum absolute atomic E-state index is 12.4. The van der Waals surface area contributed by atoms with Gasteiger partial charge in [0, 0.05) is 12.6 Å². The van der Waals surface area contributed by atoms with Crippen LogP contribution >= 0.6 is 0 Å². The minimum absolute atomic E-state index is 0.132. The van der Waals surface area contributed by atoms with Gasteiger partial charge in [-0.1, -0.05) is 37.3 Å². The van der Waals surface area contributed by atoms with Crippen LogP contribution in [0.15, 0.2) is 36.4 Å². The van der Waals surface area contributed by atoms with Crippen LogP contribution in [-0.2, 0) is 9.59 Å². The predicted octanol–water partition coefficient (Wildman–Crippen LogP) is 1.93. The Balaban J connectivity index is 1.99. The first-order valence-electron chi connectivity index (χ1n) is 8.01. The highest BCUT2D eigenvalue weighted by Crippen LogP contribution is 2.18. The van der Waals surface area contributed by atoms with Gasteiger partial charge in [0.15, 0.2) is 0 Å². The summed E-state index contributed by atoms with van der Waals surface area (Å²) in [4.78, 5) is 26.1. The number of carbonyl (C=O) groups is 2. The Kier molecular flexibility index (Phi) is 5.55. The third kappa shape index (κ3) is 4.42. The van der Waals surface area contributed by atoms with E-state index < -0.39 is 11.5 Å². The molecule has 0 bridgehead atoms. The summed E-state index contributed by atoms with van der Waals surface area (Å²) < 4.78 is 0. The van der Waals surface area contributed by atoms with Gasteiger partial charge < -0.3 is 15.3 Å². The molecular weight excluding hydrogens is 292 g/mol. The van der Waals surface area contributed by atoms with Gasteiger partial charge in [-0.15, -0.1) is 0 Å². The van der Waals surface area contributed by atoms with Gasteiger partial charge >= 0.3 is 0 Å². The predicted molar refractivity (Wildman–Crippen MR) is 89.3 cm³/mol. The molecule has 2 N–H and O–H groups in total. The van der Waals surface area contributed by atoms with Crippen molar-refractivity contribution < 1.29 is 14.7 Å². The van der Waals surface area contributed by atoms with E-state index >= 15 is 0 Å². The molecule has 1 aliphatic rings. The maximum atomic E-state index is 12.4. The number of nitrogens with one attached hydrogen (secondary N) is 1. The van der Waals surface area contributed by atoms with Crippen LogP contribution in [0.5, 0.6) is 0 Å². The summed E-state index contributed by atoms with van der Waals surface area (Å²) >= 11 is 0. The molecule has 0 aliphatic carbocycles. The highest BCUT2D eigenvalue weighted by molar-refractivity contribution is 5.92. The number of benzene rings is 1. The molecule has 2 amide bonds. The number of carbonyl (C=O) groups excluding carboxylic acids is 2. The lowest BCUT2D eigenvalue weighted by Crippen LogP contribution is -2.53. The van der Waals surface area contributed by atoms with E-state index in [0.29, 0.717) is 19.4 Å². The number of likely N-dealkylation sites (tertiary alicyclic amines) is 1. The quantitative estimate of drug-likeness (QED) is 0.816. The summed E-state index contributed by atoms with van der Waals surface area (Å²) in [5.41, 5.74) is -0.452. The zero-order chi connectivity index (χ0) is 16.9. The zero-order valence-corrected chi connectivity index (χ0v) is 13.7. The molecule has 5 heteroatoms. The van der Waals surface area contributed by atoms with E-state index in [1.54, 1.807) is 17.9 Å². The fourth-order valence-corrected chi connectivity index (χ4v) is 2.48. The minimum atomic E-state index is -1.41. The van der Waals surface area contributed by atoms with E-state index in [-0.39, 0.29) is 12.1 Å². The van der Waals surface area contributed by atoms with Crippen molar-refractivity contribution in [2.45, 2.75) is 44.9 Å². The molecular formula is C18H24N2O3. The lowest BCUT2D eigenvalue weighted by atomic mass is 10.0. The van der Waals surface area contributed by atoms with E-state index in [2.05, 4.69) is 5.32 Å². The van der Waals surface area contributed by atoms with Crippen LogP contribution in [0.4, 0.5) is 0 Å². The molecule has 0 spiro atoms. The van der Waals surface area contributed by atoms with E-state index in [0.717, 1.165) is 12.0 Å².